The number of carbonyl (C=O) groups is 2. The molecular weight excluding hydrogens is 422 g/mol. The minimum Gasteiger partial charge on any atom is -0.497 e. The van der Waals surface area contributed by atoms with E-state index in [2.05, 4.69) is 0 Å². The third-order valence-corrected chi connectivity index (χ3v) is 7.69. The highest BCUT2D eigenvalue weighted by Crippen LogP contribution is 2.28. The molecule has 1 atom stereocenters. The van der Waals surface area contributed by atoms with E-state index < -0.39 is 16.1 Å². The maximum absolute atomic E-state index is 13.2. The van der Waals surface area contributed by atoms with Crippen LogP contribution in [0, 0.1) is 0 Å². The monoisotopic (exact) mass is 447 g/mol. The van der Waals surface area contributed by atoms with Crippen molar-refractivity contribution < 1.29 is 27.2 Å². The van der Waals surface area contributed by atoms with Gasteiger partial charge >= 0.3 is 0 Å². The molecule has 166 valence electrons. The normalized spacial score (nSPS) is 20.1. The van der Waals surface area contributed by atoms with Crippen LogP contribution in [0.4, 0.5) is 0 Å². The van der Waals surface area contributed by atoms with Gasteiger partial charge in [-0.15, -0.1) is 0 Å². The Hall–Kier alpha value is -2.85. The number of rotatable bonds is 5. The van der Waals surface area contributed by atoms with Crippen LogP contribution in [0.25, 0.3) is 0 Å². The molecule has 2 aliphatic rings. The highest BCUT2D eigenvalue weighted by Gasteiger charge is 2.42. The van der Waals surface area contributed by atoms with E-state index in [1.165, 1.54) is 29.8 Å². The van der Waals surface area contributed by atoms with E-state index in [4.69, 9.17) is 9.15 Å². The van der Waals surface area contributed by atoms with E-state index in [9.17, 15) is 18.0 Å². The Kier molecular flexibility index (Phi) is 6.01. The fourth-order valence-corrected chi connectivity index (χ4v) is 5.71. The zero-order chi connectivity index (χ0) is 22.0. The summed E-state index contributed by atoms with van der Waals surface area (Å²) >= 11 is 0. The molecule has 4 rings (SSSR count). The number of carbonyl (C=O) groups excluding carboxylic acids is 2. The summed E-state index contributed by atoms with van der Waals surface area (Å²) in [5, 5.41) is 0. The molecule has 2 fully saturated rings. The first-order valence-electron chi connectivity index (χ1n) is 10.2. The van der Waals surface area contributed by atoms with Gasteiger partial charge in [0.05, 0.1) is 18.3 Å². The number of methoxy groups -OCH3 is 1. The third kappa shape index (κ3) is 4.17. The van der Waals surface area contributed by atoms with E-state index in [-0.39, 0.29) is 22.5 Å². The van der Waals surface area contributed by atoms with Crippen LogP contribution in [0.2, 0.25) is 0 Å². The zero-order valence-corrected chi connectivity index (χ0v) is 18.1. The molecule has 0 N–H and O–H groups in total. The summed E-state index contributed by atoms with van der Waals surface area (Å²) in [6, 6.07) is 8.72. The molecule has 9 nitrogen and oxygen atoms in total. The van der Waals surface area contributed by atoms with Crippen molar-refractivity contribution in [2.24, 2.45) is 0 Å². The van der Waals surface area contributed by atoms with Crippen molar-refractivity contribution in [1.29, 1.82) is 0 Å². The summed E-state index contributed by atoms with van der Waals surface area (Å²) in [6.45, 7) is 1.78. The van der Waals surface area contributed by atoms with Crippen LogP contribution in [0.3, 0.4) is 0 Å². The fourth-order valence-electron chi connectivity index (χ4n) is 4.05. The van der Waals surface area contributed by atoms with E-state index in [0.717, 1.165) is 0 Å². The SMILES string of the molecule is COc1ccc(S(=O)(=O)N2CCC[C@H]2C(=O)N2CCN(C(=O)c3ccco3)CC2)cc1. The second-order valence-corrected chi connectivity index (χ2v) is 9.43. The molecule has 0 saturated carbocycles. The quantitative estimate of drug-likeness (QED) is 0.687. The smallest absolute Gasteiger partial charge is 0.289 e. The number of piperazine rings is 1. The number of sulfonamides is 1. The van der Waals surface area contributed by atoms with Crippen LogP contribution in [0.1, 0.15) is 23.4 Å². The Morgan fingerprint density at radius 1 is 1.00 bits per heavy atom. The largest absolute Gasteiger partial charge is 0.497 e. The first-order valence-corrected chi connectivity index (χ1v) is 11.6. The van der Waals surface area contributed by atoms with Gasteiger partial charge in [0, 0.05) is 32.7 Å². The second kappa shape index (κ2) is 8.72. The predicted molar refractivity (Wildman–Crippen MR) is 111 cm³/mol. The van der Waals surface area contributed by atoms with Gasteiger partial charge in [0.1, 0.15) is 11.8 Å². The van der Waals surface area contributed by atoms with Crippen molar-refractivity contribution in [3.63, 3.8) is 0 Å². The molecule has 0 radical (unpaired) electrons. The number of amides is 2. The van der Waals surface area contributed by atoms with Gasteiger partial charge < -0.3 is 19.0 Å². The van der Waals surface area contributed by atoms with Crippen molar-refractivity contribution in [1.82, 2.24) is 14.1 Å². The Morgan fingerprint density at radius 2 is 1.68 bits per heavy atom. The first kappa shape index (κ1) is 21.4. The second-order valence-electron chi connectivity index (χ2n) is 7.54. The summed E-state index contributed by atoms with van der Waals surface area (Å²) in [4.78, 5) is 29.0. The van der Waals surface area contributed by atoms with Crippen LogP contribution < -0.4 is 4.74 Å². The Bertz CT molecular complexity index is 1030. The zero-order valence-electron chi connectivity index (χ0n) is 17.3. The van der Waals surface area contributed by atoms with E-state index in [0.29, 0.717) is 51.3 Å². The van der Waals surface area contributed by atoms with Crippen LogP contribution >= 0.6 is 0 Å². The average Bonchev–Trinajstić information content (AvgIpc) is 3.51. The molecule has 0 bridgehead atoms. The van der Waals surface area contributed by atoms with Crippen molar-refractivity contribution in [3.8, 4) is 5.75 Å². The molecule has 31 heavy (non-hydrogen) atoms. The molecule has 1 aromatic carbocycles. The molecule has 2 aliphatic heterocycles. The van der Waals surface area contributed by atoms with Crippen LogP contribution in [0.5, 0.6) is 5.75 Å². The standard InChI is InChI=1S/C21H25N3O6S/c1-29-16-6-8-17(9-7-16)31(27,28)24-10-2-4-18(24)20(25)22-11-13-23(14-12-22)21(26)19-5-3-15-30-19/h3,5-9,15,18H,2,4,10-14H2,1H3/t18-/m0/s1. The summed E-state index contributed by atoms with van der Waals surface area (Å²) < 4.78 is 37.9. The topological polar surface area (TPSA) is 100 Å². The van der Waals surface area contributed by atoms with E-state index in [1.807, 2.05) is 0 Å². The average molecular weight is 448 g/mol. The molecule has 2 aromatic rings. The van der Waals surface area contributed by atoms with Crippen molar-refractivity contribution in [2.75, 3.05) is 39.8 Å². The Balaban J connectivity index is 1.43. The lowest BCUT2D eigenvalue weighted by molar-refractivity contribution is -0.136. The summed E-state index contributed by atoms with van der Waals surface area (Å²) in [7, 11) is -2.28. The van der Waals surface area contributed by atoms with Crippen LogP contribution in [-0.2, 0) is 14.8 Å². The van der Waals surface area contributed by atoms with E-state index in [1.54, 1.807) is 34.1 Å². The number of hydrogen-bond acceptors (Lipinski definition) is 6. The van der Waals surface area contributed by atoms with Gasteiger partial charge in [-0.3, -0.25) is 9.59 Å². The Morgan fingerprint density at radius 3 is 2.29 bits per heavy atom. The lowest BCUT2D eigenvalue weighted by Gasteiger charge is -2.36. The summed E-state index contributed by atoms with van der Waals surface area (Å²) in [6.07, 6.45) is 2.56. The highest BCUT2D eigenvalue weighted by molar-refractivity contribution is 7.89. The fraction of sp³-hybridized carbons (Fsp3) is 0.429. The lowest BCUT2D eigenvalue weighted by atomic mass is 10.2. The number of ether oxygens (including phenoxy) is 1. The van der Waals surface area contributed by atoms with Crippen molar-refractivity contribution in [2.45, 2.75) is 23.8 Å². The maximum atomic E-state index is 13.2. The minimum absolute atomic E-state index is 0.141. The first-order chi connectivity index (χ1) is 14.9. The number of hydrogen-bond donors (Lipinski definition) is 0. The molecule has 2 amide bonds. The van der Waals surface area contributed by atoms with Gasteiger partial charge in [-0.1, -0.05) is 0 Å². The number of benzene rings is 1. The minimum atomic E-state index is -3.80. The van der Waals surface area contributed by atoms with Crippen LogP contribution in [-0.4, -0.2) is 80.2 Å². The van der Waals surface area contributed by atoms with Crippen molar-refractivity contribution >= 4 is 21.8 Å². The summed E-state index contributed by atoms with van der Waals surface area (Å²) in [5.74, 6) is 0.420. The van der Waals surface area contributed by atoms with E-state index >= 15 is 0 Å². The maximum Gasteiger partial charge on any atom is 0.289 e. The number of nitrogens with zero attached hydrogens (tertiary/aromatic N) is 3. The highest BCUT2D eigenvalue weighted by atomic mass is 32.2. The number of furan rings is 1. The molecule has 2 saturated heterocycles. The van der Waals surface area contributed by atoms with Gasteiger partial charge in [-0.05, 0) is 49.2 Å². The molecule has 1 aromatic heterocycles. The molecule has 0 spiro atoms. The molecule has 10 heteroatoms. The van der Waals surface area contributed by atoms with Gasteiger partial charge in [-0.2, -0.15) is 4.31 Å². The van der Waals surface area contributed by atoms with Gasteiger partial charge in [-0.25, -0.2) is 8.42 Å². The molecule has 0 unspecified atom stereocenters. The van der Waals surface area contributed by atoms with Crippen molar-refractivity contribution in [3.05, 3.63) is 48.4 Å². The van der Waals surface area contributed by atoms with Gasteiger partial charge in [0.25, 0.3) is 5.91 Å². The Labute approximate surface area is 181 Å². The van der Waals surface area contributed by atoms with Gasteiger partial charge in [0.2, 0.25) is 15.9 Å². The molecular formula is C21H25N3O6S. The van der Waals surface area contributed by atoms with Crippen LogP contribution in [0.15, 0.2) is 52.0 Å². The lowest BCUT2D eigenvalue weighted by Crippen LogP contribution is -2.55. The van der Waals surface area contributed by atoms with Gasteiger partial charge in [0.15, 0.2) is 5.76 Å². The third-order valence-electron chi connectivity index (χ3n) is 5.77. The predicted octanol–water partition coefficient (Wildman–Crippen LogP) is 1.43. The summed E-state index contributed by atoms with van der Waals surface area (Å²) in [5.41, 5.74) is 0. The molecule has 3 heterocycles. The molecule has 0 aliphatic carbocycles.